The van der Waals surface area contributed by atoms with Gasteiger partial charge in [-0.1, -0.05) is 0 Å². The van der Waals surface area contributed by atoms with E-state index in [4.69, 9.17) is 5.11 Å². The van der Waals surface area contributed by atoms with Gasteiger partial charge in [0.25, 0.3) is 0 Å². The van der Waals surface area contributed by atoms with Crippen LogP contribution in [0.15, 0.2) is 0 Å². The first-order valence-corrected chi connectivity index (χ1v) is 2.29. The van der Waals surface area contributed by atoms with Gasteiger partial charge in [-0.2, -0.15) is 0 Å². The van der Waals surface area contributed by atoms with Gasteiger partial charge in [-0.15, -0.1) is 0 Å². The first kappa shape index (κ1) is 6.92. The minimum Gasteiger partial charge on any atom is -0.384 e. The normalized spacial score (nSPS) is 10.3. The molecule has 0 saturated carbocycles. The van der Waals surface area contributed by atoms with Crippen molar-refractivity contribution >= 4 is 0 Å². The zero-order valence-electron chi connectivity index (χ0n) is 4.81. The lowest BCUT2D eigenvalue weighted by Gasteiger charge is -2.04. The van der Waals surface area contributed by atoms with Gasteiger partial charge >= 0.3 is 0 Å². The van der Waals surface area contributed by atoms with E-state index in [9.17, 15) is 0 Å². The molecule has 0 bridgehead atoms. The largest absolute Gasteiger partial charge is 0.384 e. The molecule has 0 aromatic rings. The lowest BCUT2D eigenvalue weighted by molar-refractivity contribution is 0.331. The number of hydrogen-bond donors (Lipinski definition) is 1. The molecule has 0 atom stereocenters. The molecule has 7 heavy (non-hydrogen) atoms. The summed E-state index contributed by atoms with van der Waals surface area (Å²) < 4.78 is 0. The zero-order valence-corrected chi connectivity index (χ0v) is 4.81. The summed E-state index contributed by atoms with van der Waals surface area (Å²) in [5.74, 6) is 0. The van der Waals surface area contributed by atoms with E-state index in [0.717, 1.165) is 6.54 Å². The van der Waals surface area contributed by atoms with Crippen LogP contribution in [0, 0.1) is 6.61 Å². The van der Waals surface area contributed by atoms with Crippen molar-refractivity contribution in [1.29, 1.82) is 0 Å². The molecule has 0 spiro atoms. The maximum absolute atomic E-state index is 8.04. The smallest absolute Gasteiger partial charge is 0.129 e. The number of rotatable bonds is 3. The van der Waals surface area contributed by atoms with Crippen molar-refractivity contribution < 1.29 is 5.11 Å². The molecule has 2 nitrogen and oxygen atoms in total. The molecule has 0 aliphatic rings. The summed E-state index contributed by atoms with van der Waals surface area (Å²) in [5.41, 5.74) is 0. The van der Waals surface area contributed by atoms with Gasteiger partial charge in [0.05, 0.1) is 0 Å². The summed E-state index contributed by atoms with van der Waals surface area (Å²) in [5, 5.41) is 8.04. The average molecular weight is 101 g/mol. The molecule has 0 rings (SSSR count). The Morgan fingerprint density at radius 1 is 1.57 bits per heavy atom. The van der Waals surface area contributed by atoms with E-state index in [-0.39, 0.29) is 0 Å². The molecule has 0 saturated heterocycles. The quantitative estimate of drug-likeness (QED) is 0.554. The van der Waals surface area contributed by atoms with Gasteiger partial charge in [-0.25, -0.2) is 0 Å². The van der Waals surface area contributed by atoms with Gasteiger partial charge in [-0.3, -0.25) is 0 Å². The van der Waals surface area contributed by atoms with Crippen LogP contribution in [-0.2, 0) is 0 Å². The Labute approximate surface area is 44.8 Å². The average Bonchev–Trinajstić information content (AvgIpc) is 1.61. The third kappa shape index (κ3) is 5.92. The fraction of sp³-hybridized carbons (Fsp3) is 0.800. The van der Waals surface area contributed by atoms with Crippen LogP contribution in [0.25, 0.3) is 0 Å². The second-order valence-corrected chi connectivity index (χ2v) is 1.71. The third-order valence-electron chi connectivity index (χ3n) is 0.671. The number of aliphatic hydroxyl groups excluding tert-OH is 1. The van der Waals surface area contributed by atoms with Crippen molar-refractivity contribution in [2.45, 2.75) is 6.42 Å². The molecular weight excluding hydrogens is 90.1 g/mol. The maximum atomic E-state index is 8.04. The molecule has 0 aliphatic carbocycles. The van der Waals surface area contributed by atoms with Crippen LogP contribution < -0.4 is 0 Å². The topological polar surface area (TPSA) is 23.5 Å². The summed E-state index contributed by atoms with van der Waals surface area (Å²) in [6, 6.07) is 0. The molecule has 0 aromatic carbocycles. The molecule has 0 aromatic heterocycles. The Kier molecular flexibility index (Phi) is 4.04. The minimum atomic E-state index is 0.632. The Bertz CT molecular complexity index is 37.1. The van der Waals surface area contributed by atoms with Crippen LogP contribution in [-0.4, -0.2) is 30.6 Å². The van der Waals surface area contributed by atoms with Crippen molar-refractivity contribution in [2.24, 2.45) is 0 Å². The predicted molar refractivity (Wildman–Crippen MR) is 28.3 cm³/mol. The minimum absolute atomic E-state index is 0.632. The highest BCUT2D eigenvalue weighted by Crippen LogP contribution is 1.82. The van der Waals surface area contributed by atoms with Crippen LogP contribution in [0.1, 0.15) is 6.42 Å². The van der Waals surface area contributed by atoms with Gasteiger partial charge in [0, 0.05) is 6.54 Å². The van der Waals surface area contributed by atoms with Crippen LogP contribution in [0.2, 0.25) is 0 Å². The summed E-state index contributed by atoms with van der Waals surface area (Å²) in [7, 11) is 3.91. The lowest BCUT2D eigenvalue weighted by atomic mass is 10.4. The Morgan fingerprint density at radius 2 is 2.14 bits per heavy atom. The van der Waals surface area contributed by atoms with E-state index in [2.05, 4.69) is 6.61 Å². The molecule has 2 radical (unpaired) electrons. The van der Waals surface area contributed by atoms with E-state index >= 15 is 0 Å². The standard InChI is InChI=1S/C5H11NO/c1-6(2)4-3-5-7/h7H,3-4H2,1-2H3. The van der Waals surface area contributed by atoms with Gasteiger partial charge in [0.15, 0.2) is 0 Å². The second-order valence-electron chi connectivity index (χ2n) is 1.71. The van der Waals surface area contributed by atoms with Crippen LogP contribution >= 0.6 is 0 Å². The highest BCUT2D eigenvalue weighted by Gasteiger charge is 1.85. The summed E-state index contributed by atoms with van der Waals surface area (Å²) in [6.45, 7) is 2.93. The number of aliphatic hydroxyl groups is 1. The highest BCUT2D eigenvalue weighted by atomic mass is 16.3. The van der Waals surface area contributed by atoms with E-state index < -0.39 is 0 Å². The Hall–Kier alpha value is -0.0800. The Balaban J connectivity index is 2.68. The number of hydrogen-bond acceptors (Lipinski definition) is 2. The molecular formula is C5H11NO. The van der Waals surface area contributed by atoms with Crippen molar-refractivity contribution in [1.82, 2.24) is 4.90 Å². The van der Waals surface area contributed by atoms with Gasteiger partial charge in [-0.05, 0) is 20.5 Å². The lowest BCUT2D eigenvalue weighted by Crippen LogP contribution is -2.12. The Morgan fingerprint density at radius 3 is 2.29 bits per heavy atom. The van der Waals surface area contributed by atoms with Gasteiger partial charge < -0.3 is 10.0 Å². The molecule has 0 amide bonds. The molecule has 0 heterocycles. The van der Waals surface area contributed by atoms with Crippen LogP contribution in [0.4, 0.5) is 0 Å². The third-order valence-corrected chi connectivity index (χ3v) is 0.671. The van der Waals surface area contributed by atoms with E-state index in [1.165, 1.54) is 0 Å². The van der Waals surface area contributed by atoms with Crippen LogP contribution in [0.5, 0.6) is 0 Å². The first-order chi connectivity index (χ1) is 3.27. The van der Waals surface area contributed by atoms with E-state index in [1.54, 1.807) is 0 Å². The summed E-state index contributed by atoms with van der Waals surface area (Å²) in [4.78, 5) is 1.99. The van der Waals surface area contributed by atoms with Gasteiger partial charge in [0.1, 0.15) is 6.61 Å². The molecule has 42 valence electrons. The van der Waals surface area contributed by atoms with E-state index in [0.29, 0.717) is 6.42 Å². The first-order valence-electron chi connectivity index (χ1n) is 2.29. The van der Waals surface area contributed by atoms with Crippen molar-refractivity contribution in [3.63, 3.8) is 0 Å². The maximum Gasteiger partial charge on any atom is 0.129 e. The summed E-state index contributed by atoms with van der Waals surface area (Å²) in [6.07, 6.45) is 0.632. The fourth-order valence-corrected chi connectivity index (χ4v) is 0.274. The van der Waals surface area contributed by atoms with Crippen LogP contribution in [0.3, 0.4) is 0 Å². The van der Waals surface area contributed by atoms with E-state index in [1.807, 2.05) is 19.0 Å². The molecule has 2 heteroatoms. The predicted octanol–water partition coefficient (Wildman–Crippen LogP) is 0.349. The molecule has 0 unspecified atom stereocenters. The van der Waals surface area contributed by atoms with Crippen molar-refractivity contribution in [2.75, 3.05) is 20.6 Å². The second kappa shape index (κ2) is 4.09. The highest BCUT2D eigenvalue weighted by molar-refractivity contribution is 4.49. The number of nitrogens with zero attached hydrogens (tertiary/aromatic N) is 1. The van der Waals surface area contributed by atoms with Crippen molar-refractivity contribution in [3.05, 3.63) is 6.61 Å². The monoisotopic (exact) mass is 101 g/mol. The molecule has 0 aliphatic heterocycles. The summed E-state index contributed by atoms with van der Waals surface area (Å²) >= 11 is 0. The molecule has 1 N–H and O–H groups in total. The SMILES string of the molecule is CN(C)CC[C]O. The molecule has 0 fully saturated rings. The zero-order chi connectivity index (χ0) is 5.70. The van der Waals surface area contributed by atoms with Gasteiger partial charge in [0.2, 0.25) is 0 Å². The van der Waals surface area contributed by atoms with Crippen molar-refractivity contribution in [3.8, 4) is 0 Å². The fourth-order valence-electron chi connectivity index (χ4n) is 0.274.